The third kappa shape index (κ3) is 2.15. The van der Waals surface area contributed by atoms with E-state index in [-0.39, 0.29) is 0 Å². The van der Waals surface area contributed by atoms with E-state index in [4.69, 9.17) is 0 Å². The van der Waals surface area contributed by atoms with E-state index in [1.165, 1.54) is 32.1 Å². The van der Waals surface area contributed by atoms with Gasteiger partial charge in [-0.3, -0.25) is 0 Å². The first-order valence-corrected chi connectivity index (χ1v) is 6.52. The Hall–Kier alpha value is 0. The van der Waals surface area contributed by atoms with Gasteiger partial charge in [-0.25, -0.2) is 0 Å². The minimum absolute atomic E-state index is 0.643. The second kappa shape index (κ2) is 4.68. The van der Waals surface area contributed by atoms with Gasteiger partial charge in [-0.1, -0.05) is 47.5 Å². The molecule has 1 rings (SSSR count). The minimum atomic E-state index is 0.643. The van der Waals surface area contributed by atoms with Crippen LogP contribution in [0.5, 0.6) is 0 Å². The molecule has 3 unspecified atom stereocenters. The molecule has 0 heterocycles. The smallest absolute Gasteiger partial charge is 0.0269 e. The molecule has 1 aliphatic carbocycles. The molecule has 0 aliphatic heterocycles. The standard InChI is InChI=1S/C14H28/c1-6-7-10-14(5)12(4)8-9-13(14)11(2)3/h11-13H,6-10H2,1-5H3. The summed E-state index contributed by atoms with van der Waals surface area (Å²) in [6.07, 6.45) is 7.16. The van der Waals surface area contributed by atoms with Crippen LogP contribution in [0.25, 0.3) is 0 Å². The molecule has 1 saturated carbocycles. The van der Waals surface area contributed by atoms with Crippen LogP contribution in [-0.2, 0) is 0 Å². The minimum Gasteiger partial charge on any atom is -0.0654 e. The highest BCUT2D eigenvalue weighted by Crippen LogP contribution is 2.53. The van der Waals surface area contributed by atoms with E-state index in [0.717, 1.165) is 17.8 Å². The van der Waals surface area contributed by atoms with Crippen LogP contribution in [0, 0.1) is 23.2 Å². The first-order chi connectivity index (χ1) is 6.52. The van der Waals surface area contributed by atoms with E-state index >= 15 is 0 Å². The molecule has 3 atom stereocenters. The Balaban J connectivity index is 2.68. The fourth-order valence-corrected chi connectivity index (χ4v) is 3.54. The van der Waals surface area contributed by atoms with Crippen molar-refractivity contribution in [2.24, 2.45) is 23.2 Å². The Labute approximate surface area is 90.5 Å². The summed E-state index contributed by atoms with van der Waals surface area (Å²) in [6.45, 7) is 12.1. The number of hydrogen-bond donors (Lipinski definition) is 0. The maximum absolute atomic E-state index is 2.55. The molecule has 0 heteroatoms. The molecule has 1 fully saturated rings. The summed E-state index contributed by atoms with van der Waals surface area (Å²) in [6, 6.07) is 0. The highest BCUT2D eigenvalue weighted by atomic mass is 14.5. The van der Waals surface area contributed by atoms with Crippen molar-refractivity contribution in [3.05, 3.63) is 0 Å². The van der Waals surface area contributed by atoms with Gasteiger partial charge in [0.1, 0.15) is 0 Å². The Morgan fingerprint density at radius 1 is 1.29 bits per heavy atom. The highest BCUT2D eigenvalue weighted by molar-refractivity contribution is 4.94. The average Bonchev–Trinajstić information content (AvgIpc) is 2.41. The van der Waals surface area contributed by atoms with Crippen LogP contribution in [-0.4, -0.2) is 0 Å². The molecule has 14 heavy (non-hydrogen) atoms. The normalized spacial score (nSPS) is 38.1. The third-order valence-electron chi connectivity index (χ3n) is 4.76. The summed E-state index contributed by atoms with van der Waals surface area (Å²) in [5, 5.41) is 0. The van der Waals surface area contributed by atoms with Crippen molar-refractivity contribution < 1.29 is 0 Å². The summed E-state index contributed by atoms with van der Waals surface area (Å²) in [4.78, 5) is 0. The average molecular weight is 196 g/mol. The Bertz CT molecular complexity index is 171. The molecule has 0 bridgehead atoms. The van der Waals surface area contributed by atoms with Crippen LogP contribution in [0.3, 0.4) is 0 Å². The lowest BCUT2D eigenvalue weighted by Gasteiger charge is -2.38. The molecule has 0 radical (unpaired) electrons. The number of hydrogen-bond acceptors (Lipinski definition) is 0. The van der Waals surface area contributed by atoms with E-state index in [0.29, 0.717) is 5.41 Å². The third-order valence-corrected chi connectivity index (χ3v) is 4.76. The van der Waals surface area contributed by atoms with Crippen molar-refractivity contribution in [2.45, 2.75) is 66.7 Å². The molecule has 1 aliphatic rings. The van der Waals surface area contributed by atoms with E-state index in [1.54, 1.807) is 0 Å². The van der Waals surface area contributed by atoms with Crippen molar-refractivity contribution in [2.75, 3.05) is 0 Å². The quantitative estimate of drug-likeness (QED) is 0.601. The largest absolute Gasteiger partial charge is 0.0654 e. The number of unbranched alkanes of at least 4 members (excludes halogenated alkanes) is 1. The predicted molar refractivity (Wildman–Crippen MR) is 64.4 cm³/mol. The molecule has 0 aromatic rings. The zero-order chi connectivity index (χ0) is 10.8. The van der Waals surface area contributed by atoms with Gasteiger partial charge in [0.15, 0.2) is 0 Å². The van der Waals surface area contributed by atoms with Crippen LogP contribution in [0.2, 0.25) is 0 Å². The van der Waals surface area contributed by atoms with Crippen molar-refractivity contribution in [3.8, 4) is 0 Å². The first-order valence-electron chi connectivity index (χ1n) is 6.52. The van der Waals surface area contributed by atoms with E-state index in [1.807, 2.05) is 0 Å². The second-order valence-corrected chi connectivity index (χ2v) is 5.94. The van der Waals surface area contributed by atoms with Crippen LogP contribution in [0.15, 0.2) is 0 Å². The molecule has 0 amide bonds. The molecular weight excluding hydrogens is 168 g/mol. The van der Waals surface area contributed by atoms with Crippen LogP contribution >= 0.6 is 0 Å². The van der Waals surface area contributed by atoms with E-state index in [2.05, 4.69) is 34.6 Å². The van der Waals surface area contributed by atoms with Crippen LogP contribution < -0.4 is 0 Å². The monoisotopic (exact) mass is 196 g/mol. The van der Waals surface area contributed by atoms with Crippen LogP contribution in [0.4, 0.5) is 0 Å². The van der Waals surface area contributed by atoms with Gasteiger partial charge in [-0.05, 0) is 42.4 Å². The van der Waals surface area contributed by atoms with Crippen molar-refractivity contribution in [1.82, 2.24) is 0 Å². The zero-order valence-electron chi connectivity index (χ0n) is 10.8. The molecule has 0 spiro atoms. The molecule has 0 nitrogen and oxygen atoms in total. The van der Waals surface area contributed by atoms with Gasteiger partial charge in [-0.2, -0.15) is 0 Å². The summed E-state index contributed by atoms with van der Waals surface area (Å²) >= 11 is 0. The lowest BCUT2D eigenvalue weighted by molar-refractivity contribution is 0.113. The van der Waals surface area contributed by atoms with Gasteiger partial charge in [0, 0.05) is 0 Å². The van der Waals surface area contributed by atoms with Gasteiger partial charge < -0.3 is 0 Å². The molecule has 0 aromatic heterocycles. The first kappa shape index (κ1) is 12.1. The summed E-state index contributed by atoms with van der Waals surface area (Å²) < 4.78 is 0. The maximum atomic E-state index is 2.55. The predicted octanol–water partition coefficient (Wildman–Crippen LogP) is 4.89. The van der Waals surface area contributed by atoms with Crippen LogP contribution in [0.1, 0.15) is 66.7 Å². The molecule has 0 N–H and O–H groups in total. The summed E-state index contributed by atoms with van der Waals surface area (Å²) in [5.41, 5.74) is 0.643. The molecule has 0 saturated heterocycles. The fraction of sp³-hybridized carbons (Fsp3) is 1.00. The molecular formula is C14H28. The number of rotatable bonds is 4. The van der Waals surface area contributed by atoms with Gasteiger partial charge in [-0.15, -0.1) is 0 Å². The Morgan fingerprint density at radius 3 is 2.43 bits per heavy atom. The van der Waals surface area contributed by atoms with Gasteiger partial charge in [0.25, 0.3) is 0 Å². The Kier molecular flexibility index (Phi) is 4.04. The van der Waals surface area contributed by atoms with Gasteiger partial charge in [0.05, 0.1) is 0 Å². The topological polar surface area (TPSA) is 0 Å². The molecule has 0 aromatic carbocycles. The van der Waals surface area contributed by atoms with Crippen molar-refractivity contribution >= 4 is 0 Å². The lowest BCUT2D eigenvalue weighted by Crippen LogP contribution is -2.30. The van der Waals surface area contributed by atoms with E-state index < -0.39 is 0 Å². The van der Waals surface area contributed by atoms with E-state index in [9.17, 15) is 0 Å². The fourth-order valence-electron chi connectivity index (χ4n) is 3.54. The lowest BCUT2D eigenvalue weighted by atomic mass is 9.67. The highest BCUT2D eigenvalue weighted by Gasteiger charge is 2.44. The maximum Gasteiger partial charge on any atom is -0.0269 e. The van der Waals surface area contributed by atoms with Gasteiger partial charge >= 0.3 is 0 Å². The second-order valence-electron chi connectivity index (χ2n) is 5.94. The Morgan fingerprint density at radius 2 is 1.93 bits per heavy atom. The molecule has 84 valence electrons. The van der Waals surface area contributed by atoms with Crippen molar-refractivity contribution in [3.63, 3.8) is 0 Å². The van der Waals surface area contributed by atoms with Crippen molar-refractivity contribution in [1.29, 1.82) is 0 Å². The zero-order valence-corrected chi connectivity index (χ0v) is 10.8. The summed E-state index contributed by atoms with van der Waals surface area (Å²) in [7, 11) is 0. The van der Waals surface area contributed by atoms with Gasteiger partial charge in [0.2, 0.25) is 0 Å². The summed E-state index contributed by atoms with van der Waals surface area (Å²) in [5.74, 6) is 2.80. The SMILES string of the molecule is CCCCC1(C)C(C)CCC1C(C)C.